The van der Waals surface area contributed by atoms with Crippen LogP contribution in [0.5, 0.6) is 11.5 Å². The molecule has 21 nitrogen and oxygen atoms in total. The number of nitrogens with two attached hydrogens (primary N) is 1. The zero-order valence-corrected chi connectivity index (χ0v) is 27.9. The fourth-order valence-corrected chi connectivity index (χ4v) is 7.36. The summed E-state index contributed by atoms with van der Waals surface area (Å²) in [5.74, 6) is -7.22. The summed E-state index contributed by atoms with van der Waals surface area (Å²) in [4.78, 5) is 86.2. The Bertz CT molecular complexity index is 1890. The molecule has 0 aliphatic carbocycles. The number of hydrogen-bond acceptors (Lipinski definition) is 16. The van der Waals surface area contributed by atoms with Crippen LogP contribution >= 0.6 is 34.7 Å². The van der Waals surface area contributed by atoms with Crippen molar-refractivity contribution in [3.05, 3.63) is 33.8 Å². The SMILES string of the molecule is CC(C)(O/N=C(\C(=O)N[C@@H]1C(=O)N2C[C@@](C(=O)O)(N3CCN(NC(=O)/C(=N\O)c4ccc(O)c(O)c4Cl)C3=O)S[C@H]12)c1csc(N)n1)C(=O)O. The zero-order valence-electron chi connectivity index (χ0n) is 25.6. The number of thioether (sulfide) groups is 1. The molecule has 0 saturated carbocycles. The number of β-lactam (4-membered cyclic amide) rings is 1. The number of hydrogen-bond donors (Lipinski definition) is 8. The van der Waals surface area contributed by atoms with Crippen molar-refractivity contribution in [1.29, 1.82) is 0 Å². The summed E-state index contributed by atoms with van der Waals surface area (Å²) in [6, 6.07) is -0.275. The second-order valence-electron chi connectivity index (χ2n) is 11.2. The number of aliphatic carboxylic acids is 2. The van der Waals surface area contributed by atoms with Gasteiger partial charge in [-0.25, -0.2) is 24.4 Å². The number of aromatic nitrogens is 1. The predicted molar refractivity (Wildman–Crippen MR) is 171 cm³/mol. The number of halogens is 1. The van der Waals surface area contributed by atoms with Gasteiger partial charge < -0.3 is 46.4 Å². The molecule has 5 amide bonds. The van der Waals surface area contributed by atoms with E-state index in [1.807, 2.05) is 0 Å². The smallest absolute Gasteiger partial charge is 0.350 e. The van der Waals surface area contributed by atoms with Crippen LogP contribution in [0, 0.1) is 0 Å². The first-order chi connectivity index (χ1) is 23.4. The summed E-state index contributed by atoms with van der Waals surface area (Å²) in [6.45, 7) is 1.35. The largest absolute Gasteiger partial charge is 0.504 e. The first-order valence-electron chi connectivity index (χ1n) is 14.0. The van der Waals surface area contributed by atoms with Crippen LogP contribution in [0.1, 0.15) is 25.1 Å². The Morgan fingerprint density at radius 1 is 1.14 bits per heavy atom. The van der Waals surface area contributed by atoms with Crippen LogP contribution < -0.4 is 16.5 Å². The highest BCUT2D eigenvalue weighted by atomic mass is 35.5. The molecule has 0 spiro atoms. The van der Waals surface area contributed by atoms with Crippen LogP contribution in [0.15, 0.2) is 27.8 Å². The lowest BCUT2D eigenvalue weighted by Gasteiger charge is -2.41. The van der Waals surface area contributed by atoms with E-state index >= 15 is 0 Å². The molecule has 3 fully saturated rings. The van der Waals surface area contributed by atoms with Crippen molar-refractivity contribution in [2.24, 2.45) is 10.3 Å². The number of benzene rings is 1. The Kier molecular flexibility index (Phi) is 9.33. The van der Waals surface area contributed by atoms with E-state index < -0.39 is 92.1 Å². The van der Waals surface area contributed by atoms with Crippen LogP contribution in [0.2, 0.25) is 5.02 Å². The van der Waals surface area contributed by atoms with Gasteiger partial charge in [-0.05, 0) is 26.0 Å². The highest BCUT2D eigenvalue weighted by Crippen LogP contribution is 2.49. The average Bonchev–Trinajstić information content (AvgIpc) is 3.76. The minimum Gasteiger partial charge on any atom is -0.504 e. The van der Waals surface area contributed by atoms with Crippen molar-refractivity contribution in [2.75, 3.05) is 25.4 Å². The third-order valence-corrected chi connectivity index (χ3v) is 10.4. The summed E-state index contributed by atoms with van der Waals surface area (Å²) in [6.07, 6.45) is 0. The number of anilines is 1. The minimum absolute atomic E-state index is 0.0466. The molecular weight excluding hydrogens is 730 g/mol. The van der Waals surface area contributed by atoms with Crippen molar-refractivity contribution >= 4 is 86.9 Å². The van der Waals surface area contributed by atoms with Gasteiger partial charge in [0.05, 0.1) is 18.1 Å². The molecule has 9 N–H and O–H groups in total. The summed E-state index contributed by atoms with van der Waals surface area (Å²) in [5, 5.41) is 58.3. The van der Waals surface area contributed by atoms with Crippen molar-refractivity contribution in [3.63, 3.8) is 0 Å². The maximum Gasteiger partial charge on any atom is 0.350 e. The molecule has 4 heterocycles. The third kappa shape index (κ3) is 6.09. The van der Waals surface area contributed by atoms with Crippen LogP contribution in [-0.4, -0.2) is 134 Å². The van der Waals surface area contributed by atoms with Crippen molar-refractivity contribution < 1.29 is 59.2 Å². The molecule has 0 radical (unpaired) electrons. The highest BCUT2D eigenvalue weighted by Gasteiger charge is 2.66. The number of phenols is 2. The molecule has 266 valence electrons. The normalized spacial score (nSPS) is 22.3. The Hall–Kier alpha value is -5.55. The number of carboxylic acid groups (broad SMARTS) is 2. The summed E-state index contributed by atoms with van der Waals surface area (Å²) >= 11 is 7.59. The van der Waals surface area contributed by atoms with E-state index in [1.54, 1.807) is 0 Å². The summed E-state index contributed by atoms with van der Waals surface area (Å²) in [5.41, 5.74) is 4.34. The number of rotatable bonds is 11. The fraction of sp³-hybridized carbons (Fsp3) is 0.346. The summed E-state index contributed by atoms with van der Waals surface area (Å²) < 4.78 is 0. The van der Waals surface area contributed by atoms with Gasteiger partial charge >= 0.3 is 18.0 Å². The Balaban J connectivity index is 1.31. The Morgan fingerprint density at radius 3 is 2.44 bits per heavy atom. The number of fused-ring (bicyclic) bond motifs is 1. The van der Waals surface area contributed by atoms with E-state index in [1.165, 1.54) is 19.2 Å². The second-order valence-corrected chi connectivity index (χ2v) is 13.9. The number of hydrazine groups is 1. The molecule has 24 heteroatoms. The van der Waals surface area contributed by atoms with Gasteiger partial charge in [-0.1, -0.05) is 33.7 Å². The molecule has 3 aliphatic rings. The first-order valence-corrected chi connectivity index (χ1v) is 16.1. The van der Waals surface area contributed by atoms with Gasteiger partial charge in [0.1, 0.15) is 17.1 Å². The number of oxime groups is 2. The van der Waals surface area contributed by atoms with Gasteiger partial charge in [-0.15, -0.1) is 11.3 Å². The van der Waals surface area contributed by atoms with Crippen LogP contribution in [0.4, 0.5) is 9.93 Å². The molecule has 0 bridgehead atoms. The molecule has 3 aliphatic heterocycles. The number of carbonyl (C=O) groups excluding carboxylic acids is 4. The average molecular weight is 756 g/mol. The molecule has 1 aromatic carbocycles. The number of nitrogen functional groups attached to an aromatic ring is 1. The molecular formula is C26H26ClN9O12S2. The number of nitrogens with zero attached hydrogens (tertiary/aromatic N) is 6. The van der Waals surface area contributed by atoms with E-state index in [9.17, 15) is 54.4 Å². The van der Waals surface area contributed by atoms with Crippen molar-refractivity contribution in [3.8, 4) is 11.5 Å². The first kappa shape index (κ1) is 35.7. The third-order valence-electron chi connectivity index (χ3n) is 7.67. The topological polar surface area (TPSA) is 310 Å². The Morgan fingerprint density at radius 2 is 1.84 bits per heavy atom. The lowest BCUT2D eigenvalue weighted by atomic mass is 10.1. The number of thiazole rings is 1. The van der Waals surface area contributed by atoms with Crippen LogP contribution in [0.3, 0.4) is 0 Å². The van der Waals surface area contributed by atoms with E-state index in [4.69, 9.17) is 22.2 Å². The van der Waals surface area contributed by atoms with E-state index in [0.717, 1.165) is 38.3 Å². The monoisotopic (exact) mass is 755 g/mol. The molecule has 3 saturated heterocycles. The number of nitrogens with one attached hydrogen (secondary N) is 2. The number of carboxylic acids is 2. The van der Waals surface area contributed by atoms with E-state index in [-0.39, 0.29) is 29.5 Å². The molecule has 1 aromatic heterocycles. The van der Waals surface area contributed by atoms with E-state index in [0.29, 0.717) is 11.8 Å². The van der Waals surface area contributed by atoms with Gasteiger partial charge in [0, 0.05) is 17.5 Å². The maximum absolute atomic E-state index is 13.5. The van der Waals surface area contributed by atoms with Gasteiger partial charge in [0.25, 0.3) is 11.8 Å². The fourth-order valence-electron chi connectivity index (χ4n) is 4.93. The van der Waals surface area contributed by atoms with Gasteiger partial charge in [0.2, 0.25) is 16.4 Å². The molecule has 50 heavy (non-hydrogen) atoms. The van der Waals surface area contributed by atoms with Crippen molar-refractivity contribution in [2.45, 2.75) is 35.7 Å². The quantitative estimate of drug-likeness (QED) is 0.0458. The standard InChI is InChI=1S/C26H26ClN9O12S2/c1-25(2,21(42)43)48-33-14(10-7-49-23(28)29-10)17(39)30-15-19(41)34-8-26(22(44)45,50-20(15)34)35-5-6-36(24(35)46)31-18(40)13(32-47)9-3-4-11(37)16(38)12(9)27/h3-4,7,15,20,37-38,47H,5-6,8H2,1-2H3,(H2,28,29)(H,30,39)(H,31,40)(H,42,43)(H,44,45)/b32-13-,33-14-/t15-,20-,26-/m1/s1. The van der Waals surface area contributed by atoms with Gasteiger partial charge in [0.15, 0.2) is 28.1 Å². The zero-order chi connectivity index (χ0) is 36.9. The second kappa shape index (κ2) is 13.1. The lowest BCUT2D eigenvalue weighted by Crippen LogP contribution is -2.68. The molecule has 5 rings (SSSR count). The van der Waals surface area contributed by atoms with E-state index in [2.05, 4.69) is 26.0 Å². The minimum atomic E-state index is -2.08. The number of aromatic hydroxyl groups is 2. The van der Waals surface area contributed by atoms with Gasteiger partial charge in [-0.2, -0.15) is 0 Å². The van der Waals surface area contributed by atoms with Crippen LogP contribution in [-0.2, 0) is 28.8 Å². The molecule has 0 unspecified atom stereocenters. The number of carbonyl (C=O) groups is 6. The highest BCUT2D eigenvalue weighted by molar-refractivity contribution is 8.02. The predicted octanol–water partition coefficient (Wildman–Crippen LogP) is -0.798. The lowest BCUT2D eigenvalue weighted by molar-refractivity contribution is -0.161. The number of urea groups is 1. The molecule has 2 aromatic rings. The Labute approximate surface area is 292 Å². The molecule has 3 atom stereocenters. The van der Waals surface area contributed by atoms with Crippen LogP contribution in [0.25, 0.3) is 0 Å². The van der Waals surface area contributed by atoms with Crippen molar-refractivity contribution in [1.82, 2.24) is 30.5 Å². The summed E-state index contributed by atoms with van der Waals surface area (Å²) in [7, 11) is 0. The number of amides is 5. The number of phenolic OH excluding ortho intramolecular Hbond substituents is 2. The maximum atomic E-state index is 13.5. The van der Waals surface area contributed by atoms with Gasteiger partial charge in [-0.3, -0.25) is 24.7 Å².